The van der Waals surface area contributed by atoms with Crippen molar-refractivity contribution in [2.75, 3.05) is 43.3 Å². The summed E-state index contributed by atoms with van der Waals surface area (Å²) in [5, 5.41) is 12.2. The first-order chi connectivity index (χ1) is 15.6. The number of nitrogens with one attached hydrogen (secondary N) is 1. The molecule has 33 heavy (non-hydrogen) atoms. The number of carboxylic acids is 1. The average molecular weight is 452 g/mol. The smallest absolute Gasteiger partial charge is 0.308 e. The molecule has 0 aliphatic rings. The number of carboxylic acid groups (broad SMARTS) is 1. The van der Waals surface area contributed by atoms with Crippen molar-refractivity contribution in [3.8, 4) is 0 Å². The van der Waals surface area contributed by atoms with Crippen LogP contribution in [0, 0.1) is 6.92 Å². The fourth-order valence-electron chi connectivity index (χ4n) is 3.43. The van der Waals surface area contributed by atoms with E-state index in [1.165, 1.54) is 0 Å². The summed E-state index contributed by atoms with van der Waals surface area (Å²) in [6.45, 7) is 1.98. The maximum atomic E-state index is 12.4. The van der Waals surface area contributed by atoms with Crippen molar-refractivity contribution in [3.63, 3.8) is 0 Å². The lowest BCUT2D eigenvalue weighted by Gasteiger charge is -2.22. The fourth-order valence-corrected chi connectivity index (χ4v) is 3.43. The molecule has 8 heteroatoms. The SMILES string of the molecule is Cc1ccc(C(=O)Nc2ccc(Cc3nc(N([13CH3])[13CH3])c(CC(=O)O)c(N([13CH3])[13CH3])n3)cc2)cc1. The van der Waals surface area contributed by atoms with E-state index in [4.69, 9.17) is 0 Å². The molecule has 2 N–H and O–H groups in total. The molecule has 172 valence electrons. The van der Waals surface area contributed by atoms with Gasteiger partial charge < -0.3 is 20.2 Å². The number of aryl methyl sites for hydroxylation is 1. The van der Waals surface area contributed by atoms with Gasteiger partial charge in [0.2, 0.25) is 0 Å². The van der Waals surface area contributed by atoms with E-state index in [-0.39, 0.29) is 12.3 Å². The molecule has 0 spiro atoms. The molecule has 0 fully saturated rings. The number of hydrogen-bond donors (Lipinski definition) is 2. The minimum Gasteiger partial charge on any atom is -0.481 e. The van der Waals surface area contributed by atoms with Crippen LogP contribution in [0.25, 0.3) is 0 Å². The van der Waals surface area contributed by atoms with Crippen molar-refractivity contribution < 1.29 is 14.7 Å². The second-order valence-electron chi connectivity index (χ2n) is 8.32. The lowest BCUT2D eigenvalue weighted by Crippen LogP contribution is -2.22. The molecule has 1 amide bonds. The van der Waals surface area contributed by atoms with Crippen LogP contribution in [0.1, 0.15) is 32.9 Å². The topological polar surface area (TPSA) is 98.7 Å². The lowest BCUT2D eigenvalue weighted by atomic mass is 10.1. The number of nitrogens with zero attached hydrogens (tertiary/aromatic N) is 4. The van der Waals surface area contributed by atoms with E-state index < -0.39 is 5.97 Å². The van der Waals surface area contributed by atoms with Crippen molar-refractivity contribution in [1.29, 1.82) is 0 Å². The Labute approximate surface area is 193 Å². The van der Waals surface area contributed by atoms with E-state index in [0.29, 0.717) is 40.7 Å². The molecule has 3 aromatic rings. The summed E-state index contributed by atoms with van der Waals surface area (Å²) in [7, 11) is 7.34. The van der Waals surface area contributed by atoms with Crippen molar-refractivity contribution in [2.45, 2.75) is 19.8 Å². The van der Waals surface area contributed by atoms with Gasteiger partial charge in [0.05, 0.1) is 6.42 Å². The Balaban J connectivity index is 1.80. The third-order valence-corrected chi connectivity index (χ3v) is 5.07. The van der Waals surface area contributed by atoms with Crippen molar-refractivity contribution in [2.24, 2.45) is 0 Å². The molecule has 0 bridgehead atoms. The Morgan fingerprint density at radius 2 is 1.42 bits per heavy atom. The molecule has 0 aliphatic carbocycles. The van der Waals surface area contributed by atoms with Crippen LogP contribution in [-0.4, -0.2) is 55.1 Å². The summed E-state index contributed by atoms with van der Waals surface area (Å²) in [5.41, 5.74) is 3.96. The summed E-state index contributed by atoms with van der Waals surface area (Å²) in [6, 6.07) is 14.9. The van der Waals surface area contributed by atoms with Crippen LogP contribution in [-0.2, 0) is 17.6 Å². The number of aliphatic carboxylic acids is 1. The van der Waals surface area contributed by atoms with Gasteiger partial charge >= 0.3 is 5.97 Å². The Morgan fingerprint density at radius 3 is 1.91 bits per heavy atom. The van der Waals surface area contributed by atoms with E-state index >= 15 is 0 Å². The Morgan fingerprint density at radius 1 is 0.879 bits per heavy atom. The minimum atomic E-state index is -0.930. The summed E-state index contributed by atoms with van der Waals surface area (Å²) in [5.74, 6) is 0.682. The molecule has 0 radical (unpaired) electrons. The van der Waals surface area contributed by atoms with E-state index in [0.717, 1.165) is 11.1 Å². The third kappa shape index (κ3) is 6.06. The van der Waals surface area contributed by atoms with Crippen molar-refractivity contribution in [1.82, 2.24) is 9.97 Å². The zero-order chi connectivity index (χ0) is 24.1. The average Bonchev–Trinajstić information content (AvgIpc) is 2.75. The molecule has 0 aliphatic heterocycles. The van der Waals surface area contributed by atoms with Gasteiger partial charge in [0.15, 0.2) is 0 Å². The molecular formula is C25H29N5O3. The molecule has 1 heterocycles. The predicted octanol–water partition coefficient (Wildman–Crippen LogP) is 3.39. The molecule has 0 saturated carbocycles. The van der Waals surface area contributed by atoms with E-state index in [2.05, 4.69) is 15.3 Å². The number of hydrogen-bond acceptors (Lipinski definition) is 6. The van der Waals surface area contributed by atoms with Crippen molar-refractivity contribution >= 4 is 29.2 Å². The maximum Gasteiger partial charge on any atom is 0.308 e. The maximum absolute atomic E-state index is 12.4. The summed E-state index contributed by atoms with van der Waals surface area (Å²) < 4.78 is 0. The number of carbonyl (C=O) groups is 2. The molecule has 1 aromatic heterocycles. The number of amides is 1. The minimum absolute atomic E-state index is 0.156. The first-order valence-electron chi connectivity index (χ1n) is 10.6. The monoisotopic (exact) mass is 451 g/mol. The van der Waals surface area contributed by atoms with Crippen LogP contribution in [0.2, 0.25) is 0 Å². The first kappa shape index (κ1) is 23.7. The third-order valence-electron chi connectivity index (χ3n) is 5.07. The highest BCUT2D eigenvalue weighted by Gasteiger charge is 2.20. The number of rotatable bonds is 8. The van der Waals surface area contributed by atoms with Gasteiger partial charge in [-0.3, -0.25) is 9.59 Å². The highest BCUT2D eigenvalue weighted by atomic mass is 16.4. The molecule has 0 saturated heterocycles. The molecular weight excluding hydrogens is 422 g/mol. The number of benzene rings is 2. The van der Waals surface area contributed by atoms with E-state index in [1.807, 2.05) is 71.5 Å². The van der Waals surface area contributed by atoms with Gasteiger partial charge in [-0.05, 0) is 36.8 Å². The quantitative estimate of drug-likeness (QED) is 0.507. The lowest BCUT2D eigenvalue weighted by molar-refractivity contribution is -0.136. The summed E-state index contributed by atoms with van der Waals surface area (Å²) in [4.78, 5) is 36.7. The zero-order valence-corrected chi connectivity index (χ0v) is 19.6. The fraction of sp³-hybridized carbons (Fsp3) is 0.280. The van der Waals surface area contributed by atoms with Crippen LogP contribution in [0.3, 0.4) is 0 Å². The van der Waals surface area contributed by atoms with Gasteiger partial charge in [0, 0.05) is 51.4 Å². The molecule has 2 aromatic carbocycles. The van der Waals surface area contributed by atoms with Crippen LogP contribution in [0.15, 0.2) is 48.5 Å². The zero-order valence-electron chi connectivity index (χ0n) is 19.6. The standard InChI is InChI=1S/C25H29N5O3/c1-16-6-10-18(11-7-16)25(33)26-19-12-8-17(9-13-19)14-21-27-23(29(2)3)20(15-22(31)32)24(28-21)30(4)5/h6-13H,14-15H2,1-5H3,(H,26,33)(H,31,32)/i2+1,3+1,4+1,5+1. The number of aromatic nitrogens is 2. The molecule has 0 unspecified atom stereocenters. The predicted molar refractivity (Wildman–Crippen MR) is 130 cm³/mol. The Hall–Kier alpha value is -3.94. The number of carbonyl (C=O) groups excluding carboxylic acids is 1. The highest BCUT2D eigenvalue weighted by molar-refractivity contribution is 6.04. The van der Waals surface area contributed by atoms with Gasteiger partial charge in [0.1, 0.15) is 17.5 Å². The summed E-state index contributed by atoms with van der Waals surface area (Å²) in [6.07, 6.45) is 0.317. The Kier molecular flexibility index (Phi) is 7.27. The normalized spacial score (nSPS) is 10.6. The first-order valence-corrected chi connectivity index (χ1v) is 10.6. The summed E-state index contributed by atoms with van der Waals surface area (Å²) >= 11 is 0. The van der Waals surface area contributed by atoms with Gasteiger partial charge in [-0.25, -0.2) is 9.97 Å². The van der Waals surface area contributed by atoms with Crippen molar-refractivity contribution in [3.05, 3.63) is 76.6 Å². The van der Waals surface area contributed by atoms with Gasteiger partial charge in [0.25, 0.3) is 5.91 Å². The largest absolute Gasteiger partial charge is 0.481 e. The highest BCUT2D eigenvalue weighted by Crippen LogP contribution is 2.27. The van der Waals surface area contributed by atoms with E-state index in [9.17, 15) is 14.7 Å². The van der Waals surface area contributed by atoms with Gasteiger partial charge in [-0.15, -0.1) is 0 Å². The van der Waals surface area contributed by atoms with E-state index in [1.54, 1.807) is 21.9 Å². The van der Waals surface area contributed by atoms with Gasteiger partial charge in [-0.1, -0.05) is 29.8 Å². The second kappa shape index (κ2) is 10.1. The Bertz CT molecular complexity index is 1110. The van der Waals surface area contributed by atoms with Crippen LogP contribution in [0.4, 0.5) is 17.3 Å². The van der Waals surface area contributed by atoms with Crippen LogP contribution >= 0.6 is 0 Å². The molecule has 8 nitrogen and oxygen atoms in total. The molecule has 3 rings (SSSR count). The number of anilines is 3. The van der Waals surface area contributed by atoms with Gasteiger partial charge in [-0.2, -0.15) is 0 Å². The van der Waals surface area contributed by atoms with Crippen LogP contribution in [0.5, 0.6) is 0 Å². The second-order valence-corrected chi connectivity index (χ2v) is 8.32. The molecule has 0 atom stereocenters. The van der Waals surface area contributed by atoms with Crippen LogP contribution < -0.4 is 15.1 Å².